The number of aromatic nitrogens is 1. The molecule has 0 unspecified atom stereocenters. The van der Waals surface area contributed by atoms with Crippen LogP contribution in [0.15, 0.2) is 217 Å². The molecule has 0 amide bonds. The van der Waals surface area contributed by atoms with Gasteiger partial charge in [-0.25, -0.2) is 0 Å². The van der Waals surface area contributed by atoms with Gasteiger partial charge in [0.15, 0.2) is 0 Å². The van der Waals surface area contributed by atoms with Gasteiger partial charge in [-0.1, -0.05) is 147 Å². The summed E-state index contributed by atoms with van der Waals surface area (Å²) in [6.45, 7) is 4.70. The van der Waals surface area contributed by atoms with Crippen LogP contribution in [-0.4, -0.2) is 4.40 Å². The van der Waals surface area contributed by atoms with E-state index in [1.54, 1.807) is 0 Å². The number of para-hydroxylation sites is 4. The molecule has 2 aliphatic rings. The lowest BCUT2D eigenvalue weighted by Crippen LogP contribution is -2.16. The third-order valence-electron chi connectivity index (χ3n) is 14.3. The Labute approximate surface area is 376 Å². The summed E-state index contributed by atoms with van der Waals surface area (Å²) < 4.78 is 8.95. The van der Waals surface area contributed by atoms with E-state index < -0.39 is 0 Å². The number of benzene rings is 9. The summed E-state index contributed by atoms with van der Waals surface area (Å²) in [7, 11) is 0. The Morgan fingerprint density at radius 2 is 1.14 bits per heavy atom. The van der Waals surface area contributed by atoms with Gasteiger partial charge in [-0.15, -0.1) is 0 Å². The topological polar surface area (TPSA) is 24.0 Å². The van der Waals surface area contributed by atoms with Crippen LogP contribution in [0.2, 0.25) is 0 Å². The molecule has 9 aromatic carbocycles. The minimum Gasteiger partial charge on any atom is -0.456 e. The van der Waals surface area contributed by atoms with Gasteiger partial charge in [0.05, 0.1) is 39.2 Å². The first-order chi connectivity index (χ1) is 32.0. The minimum atomic E-state index is -0.137. The molecule has 14 rings (SSSR count). The number of pyridine rings is 1. The van der Waals surface area contributed by atoms with Crippen LogP contribution >= 0.6 is 0 Å². The highest BCUT2D eigenvalue weighted by Crippen LogP contribution is 2.54. The van der Waals surface area contributed by atoms with Crippen molar-refractivity contribution in [3.8, 4) is 33.5 Å². The van der Waals surface area contributed by atoms with Crippen molar-refractivity contribution in [1.82, 2.24) is 4.40 Å². The highest BCUT2D eigenvalue weighted by molar-refractivity contribution is 6.20. The SMILES string of the molecule is CC1(C)c2ccccc2-c2ccc(N(c3ccc(-c4ccc5c(c4)c4ccccc4n4c6cc(c54)N(c4ccccc4)c4ccccc4-6)cc3)c3cccc4oc5ccccc5c34)cc21. The number of fused-ring (bicyclic) bond motifs is 11. The molecule has 0 radical (unpaired) electrons. The van der Waals surface area contributed by atoms with E-state index in [2.05, 4.69) is 234 Å². The van der Waals surface area contributed by atoms with E-state index >= 15 is 0 Å². The predicted molar refractivity (Wildman–Crippen MR) is 271 cm³/mol. The lowest BCUT2D eigenvalue weighted by atomic mass is 9.82. The number of rotatable bonds is 5. The van der Waals surface area contributed by atoms with Crippen LogP contribution in [0.1, 0.15) is 25.0 Å². The second-order valence-electron chi connectivity index (χ2n) is 18.1. The Kier molecular flexibility index (Phi) is 7.42. The average molecular weight is 832 g/mol. The molecule has 65 heavy (non-hydrogen) atoms. The molecule has 0 N–H and O–H groups in total. The largest absolute Gasteiger partial charge is 0.456 e. The molecule has 0 atom stereocenters. The van der Waals surface area contributed by atoms with Gasteiger partial charge >= 0.3 is 0 Å². The molecular formula is C61H41N3O. The van der Waals surface area contributed by atoms with Gasteiger partial charge < -0.3 is 18.6 Å². The zero-order chi connectivity index (χ0) is 43.0. The number of hydrogen-bond donors (Lipinski definition) is 0. The van der Waals surface area contributed by atoms with Crippen LogP contribution in [0.3, 0.4) is 0 Å². The molecule has 0 saturated carbocycles. The Morgan fingerprint density at radius 1 is 0.446 bits per heavy atom. The van der Waals surface area contributed by atoms with Crippen LogP contribution in [0.25, 0.3) is 82.6 Å². The maximum atomic E-state index is 6.47. The summed E-state index contributed by atoms with van der Waals surface area (Å²) in [4.78, 5) is 4.85. The van der Waals surface area contributed by atoms with Gasteiger partial charge in [0.25, 0.3) is 0 Å². The molecule has 0 fully saturated rings. The summed E-state index contributed by atoms with van der Waals surface area (Å²) in [6.07, 6.45) is 0. The van der Waals surface area contributed by atoms with Crippen molar-refractivity contribution in [1.29, 1.82) is 0 Å². The highest BCUT2D eigenvalue weighted by Gasteiger charge is 2.36. The lowest BCUT2D eigenvalue weighted by Gasteiger charge is -2.29. The van der Waals surface area contributed by atoms with E-state index in [0.29, 0.717) is 0 Å². The van der Waals surface area contributed by atoms with Crippen molar-refractivity contribution in [3.05, 3.63) is 223 Å². The van der Waals surface area contributed by atoms with E-state index in [0.717, 1.165) is 50.3 Å². The third kappa shape index (κ3) is 5.08. The molecule has 1 aliphatic carbocycles. The second-order valence-corrected chi connectivity index (χ2v) is 18.1. The molecule has 306 valence electrons. The first kappa shape index (κ1) is 36.2. The zero-order valence-corrected chi connectivity index (χ0v) is 36.0. The van der Waals surface area contributed by atoms with Gasteiger partial charge in [0.1, 0.15) is 11.2 Å². The quantitative estimate of drug-likeness (QED) is 0.161. The van der Waals surface area contributed by atoms with Gasteiger partial charge in [0.2, 0.25) is 0 Å². The molecule has 0 spiro atoms. The van der Waals surface area contributed by atoms with Crippen molar-refractivity contribution in [2.24, 2.45) is 0 Å². The summed E-state index contributed by atoms with van der Waals surface area (Å²) >= 11 is 0. The van der Waals surface area contributed by atoms with Crippen molar-refractivity contribution < 1.29 is 4.42 Å². The standard InChI is InChI=1S/C61H41N3O/c1-61(2)50-21-10-6-17-43(50)44-34-32-42(36-51(44)61)62(54-24-14-26-58-59(54)48-20-9-13-25-57(48)65-58)41-30-27-38(28-31-41)39-29-33-46-49(35-39)45-18-7-11-22-52(45)64-55-37-56(60(46)64)63(40-15-4-3-5-16-40)53-23-12-8-19-47(53)55/h3-37H,1-2H3. The van der Waals surface area contributed by atoms with E-state index in [4.69, 9.17) is 4.42 Å². The van der Waals surface area contributed by atoms with E-state index in [-0.39, 0.29) is 5.41 Å². The molecule has 4 nitrogen and oxygen atoms in total. The van der Waals surface area contributed by atoms with Crippen LogP contribution < -0.4 is 9.80 Å². The van der Waals surface area contributed by atoms with Crippen LogP contribution in [0.4, 0.5) is 34.1 Å². The van der Waals surface area contributed by atoms with Gasteiger partial charge in [-0.05, 0) is 118 Å². The number of anilines is 6. The molecule has 0 saturated heterocycles. The van der Waals surface area contributed by atoms with Gasteiger partial charge in [-0.3, -0.25) is 0 Å². The zero-order valence-electron chi connectivity index (χ0n) is 36.0. The molecular weight excluding hydrogens is 791 g/mol. The third-order valence-corrected chi connectivity index (χ3v) is 14.3. The summed E-state index contributed by atoms with van der Waals surface area (Å²) in [5.74, 6) is 0. The smallest absolute Gasteiger partial charge is 0.137 e. The van der Waals surface area contributed by atoms with Crippen molar-refractivity contribution in [3.63, 3.8) is 0 Å². The Bertz CT molecular complexity index is 3930. The monoisotopic (exact) mass is 831 g/mol. The maximum absolute atomic E-state index is 6.47. The Hall–Kier alpha value is -8.34. The highest BCUT2D eigenvalue weighted by atomic mass is 16.3. The van der Waals surface area contributed by atoms with Crippen molar-refractivity contribution in [2.45, 2.75) is 19.3 Å². The predicted octanol–water partition coefficient (Wildman–Crippen LogP) is 17.0. The van der Waals surface area contributed by atoms with Crippen LogP contribution in [0.5, 0.6) is 0 Å². The fourth-order valence-electron chi connectivity index (χ4n) is 11.3. The van der Waals surface area contributed by atoms with Crippen LogP contribution in [0, 0.1) is 0 Å². The number of hydrogen-bond acceptors (Lipinski definition) is 3. The molecule has 3 aromatic heterocycles. The Morgan fingerprint density at radius 3 is 2.02 bits per heavy atom. The first-order valence-corrected chi connectivity index (χ1v) is 22.5. The molecule has 4 heteroatoms. The summed E-state index contributed by atoms with van der Waals surface area (Å²) in [5.41, 5.74) is 21.0. The first-order valence-electron chi connectivity index (χ1n) is 22.5. The number of furan rings is 1. The molecule has 1 aliphatic heterocycles. The molecule has 12 aromatic rings. The summed E-state index contributed by atoms with van der Waals surface area (Å²) in [6, 6.07) is 77.7. The normalized spacial score (nSPS) is 13.5. The number of nitrogens with zero attached hydrogens (tertiary/aromatic N) is 3. The van der Waals surface area contributed by atoms with Gasteiger partial charge in [-0.2, -0.15) is 0 Å². The van der Waals surface area contributed by atoms with Crippen molar-refractivity contribution >= 4 is 83.3 Å². The molecule has 4 heterocycles. The molecule has 2 bridgehead atoms. The van der Waals surface area contributed by atoms with Gasteiger partial charge in [0, 0.05) is 44.2 Å². The minimum absolute atomic E-state index is 0.137. The van der Waals surface area contributed by atoms with Crippen LogP contribution in [-0.2, 0) is 5.41 Å². The fourth-order valence-corrected chi connectivity index (χ4v) is 11.3. The Balaban J connectivity index is 0.940. The maximum Gasteiger partial charge on any atom is 0.137 e. The van der Waals surface area contributed by atoms with E-state index in [1.807, 2.05) is 6.07 Å². The van der Waals surface area contributed by atoms with E-state index in [9.17, 15) is 0 Å². The fraction of sp³-hybridized carbons (Fsp3) is 0.0492. The second kappa shape index (κ2) is 13.3. The average Bonchev–Trinajstić information content (AvgIpc) is 3.99. The summed E-state index contributed by atoms with van der Waals surface area (Å²) in [5, 5.41) is 5.91. The van der Waals surface area contributed by atoms with E-state index in [1.165, 1.54) is 77.6 Å². The van der Waals surface area contributed by atoms with Crippen molar-refractivity contribution in [2.75, 3.05) is 9.80 Å². The lowest BCUT2D eigenvalue weighted by molar-refractivity contribution is 0.660.